The fourth-order valence-electron chi connectivity index (χ4n) is 1.27. The summed E-state index contributed by atoms with van der Waals surface area (Å²) in [6.45, 7) is 0. The van der Waals surface area contributed by atoms with Crippen molar-refractivity contribution in [2.24, 2.45) is 9.63 Å². The molecule has 92 valence electrons. The van der Waals surface area contributed by atoms with Crippen molar-refractivity contribution in [3.63, 3.8) is 0 Å². The van der Waals surface area contributed by atoms with Gasteiger partial charge in [-0.25, -0.2) is 0 Å². The number of hydrogen-bond acceptors (Lipinski definition) is 3. The lowest BCUT2D eigenvalue weighted by atomic mass is 10.3. The summed E-state index contributed by atoms with van der Waals surface area (Å²) in [5, 5.41) is 3.74. The monoisotopic (exact) mass is 324 g/mol. The molecule has 18 heavy (non-hydrogen) atoms. The molecule has 4 nitrogen and oxygen atoms in total. The highest BCUT2D eigenvalue weighted by molar-refractivity contribution is 9.10. The first kappa shape index (κ1) is 12.9. The largest absolute Gasteiger partial charge is 0.299 e. The number of nitrogens with zero attached hydrogens (tertiary/aromatic N) is 2. The number of benzene rings is 2. The molecule has 0 heterocycles. The van der Waals surface area contributed by atoms with Crippen molar-refractivity contribution in [3.8, 4) is 0 Å². The number of halogens is 1. The molecule has 0 atom stereocenters. The van der Waals surface area contributed by atoms with E-state index in [1.807, 2.05) is 6.07 Å². The van der Waals surface area contributed by atoms with E-state index in [9.17, 15) is 8.42 Å². The first-order valence-electron chi connectivity index (χ1n) is 5.07. The lowest BCUT2D eigenvalue weighted by Gasteiger charge is -1.97. The van der Waals surface area contributed by atoms with Gasteiger partial charge in [0.15, 0.2) is 0 Å². The predicted molar refractivity (Wildman–Crippen MR) is 72.3 cm³/mol. The molecule has 0 aromatic heterocycles. The lowest BCUT2D eigenvalue weighted by Crippen LogP contribution is -1.94. The number of rotatable bonds is 3. The Bertz CT molecular complexity index is 669. The molecule has 0 spiro atoms. The van der Waals surface area contributed by atoms with Crippen molar-refractivity contribution in [2.75, 3.05) is 0 Å². The molecular formula is C12H9BrN2O2S. The molecule has 0 saturated carbocycles. The van der Waals surface area contributed by atoms with Gasteiger partial charge in [0, 0.05) is 4.47 Å². The Labute approximate surface area is 114 Å². The van der Waals surface area contributed by atoms with Gasteiger partial charge >= 0.3 is 0 Å². The maximum atomic E-state index is 11.8. The molecule has 0 N–H and O–H groups in total. The second-order valence-electron chi connectivity index (χ2n) is 3.42. The van der Waals surface area contributed by atoms with E-state index in [4.69, 9.17) is 0 Å². The van der Waals surface area contributed by atoms with Crippen LogP contribution in [0.15, 0.2) is 73.6 Å². The van der Waals surface area contributed by atoms with Crippen LogP contribution in [0.3, 0.4) is 0 Å². The van der Waals surface area contributed by atoms with Crippen molar-refractivity contribution < 1.29 is 8.42 Å². The molecule has 0 aliphatic rings. The van der Waals surface area contributed by atoms with Crippen molar-refractivity contribution in [2.45, 2.75) is 4.90 Å². The normalized spacial score (nSPS) is 11.8. The van der Waals surface area contributed by atoms with Gasteiger partial charge in [0.05, 0.1) is 4.90 Å². The molecule has 0 saturated heterocycles. The highest BCUT2D eigenvalue weighted by Crippen LogP contribution is 2.25. The third-order valence-corrected chi connectivity index (χ3v) is 3.98. The van der Waals surface area contributed by atoms with Crippen LogP contribution in [0.1, 0.15) is 0 Å². The molecular weight excluding hydrogens is 316 g/mol. The summed E-state index contributed by atoms with van der Waals surface area (Å²) in [7, 11) is -3.74. The average molecular weight is 325 g/mol. The van der Waals surface area contributed by atoms with Crippen molar-refractivity contribution in [1.82, 2.24) is 0 Å². The van der Waals surface area contributed by atoms with E-state index in [0.29, 0.717) is 10.2 Å². The molecule has 0 unspecified atom stereocenters. The molecule has 0 aliphatic heterocycles. The highest BCUT2D eigenvalue weighted by atomic mass is 79.9. The van der Waals surface area contributed by atoms with Crippen LogP contribution < -0.4 is 0 Å². The molecule has 6 heteroatoms. The number of hydrogen-bond donors (Lipinski definition) is 0. The van der Waals surface area contributed by atoms with E-state index in [2.05, 4.69) is 25.6 Å². The van der Waals surface area contributed by atoms with Crippen molar-refractivity contribution in [3.05, 3.63) is 59.1 Å². The average Bonchev–Trinajstić information content (AvgIpc) is 2.39. The van der Waals surface area contributed by atoms with Crippen LogP contribution in [-0.4, -0.2) is 8.42 Å². The minimum Gasteiger partial charge on any atom is -0.198 e. The Morgan fingerprint density at radius 2 is 1.50 bits per heavy atom. The van der Waals surface area contributed by atoms with Gasteiger partial charge in [-0.1, -0.05) is 34.9 Å². The lowest BCUT2D eigenvalue weighted by molar-refractivity contribution is 0.595. The topological polar surface area (TPSA) is 58.9 Å². The molecule has 2 aromatic rings. The Hall–Kier alpha value is -1.53. The zero-order valence-electron chi connectivity index (χ0n) is 9.19. The maximum Gasteiger partial charge on any atom is 0.299 e. The quantitative estimate of drug-likeness (QED) is 0.803. The first-order valence-corrected chi connectivity index (χ1v) is 7.30. The minimum atomic E-state index is -3.74. The third kappa shape index (κ3) is 3.02. The van der Waals surface area contributed by atoms with E-state index in [1.165, 1.54) is 12.1 Å². The molecule has 2 aromatic carbocycles. The number of sulfonamides is 1. The van der Waals surface area contributed by atoms with Gasteiger partial charge in [-0.2, -0.15) is 8.42 Å². The second-order valence-corrected chi connectivity index (χ2v) is 5.86. The van der Waals surface area contributed by atoms with Gasteiger partial charge in [-0.3, -0.25) is 0 Å². The fraction of sp³-hybridized carbons (Fsp3) is 0. The molecule has 0 amide bonds. The van der Waals surface area contributed by atoms with E-state index in [-0.39, 0.29) is 4.90 Å². The van der Waals surface area contributed by atoms with E-state index < -0.39 is 10.0 Å². The van der Waals surface area contributed by atoms with Crippen LogP contribution >= 0.6 is 15.9 Å². The van der Waals surface area contributed by atoms with Crippen LogP contribution in [0.5, 0.6) is 0 Å². The summed E-state index contributed by atoms with van der Waals surface area (Å²) in [4.78, 5) is 0.126. The Kier molecular flexibility index (Phi) is 3.88. The smallest absolute Gasteiger partial charge is 0.198 e. The van der Waals surface area contributed by atoms with Gasteiger partial charge < -0.3 is 0 Å². The van der Waals surface area contributed by atoms with Gasteiger partial charge in [-0.15, -0.1) is 5.11 Å². The van der Waals surface area contributed by atoms with Crippen LogP contribution in [0.25, 0.3) is 0 Å². The van der Waals surface area contributed by atoms with Crippen LogP contribution in [-0.2, 0) is 10.0 Å². The van der Waals surface area contributed by atoms with Crippen LogP contribution in [0, 0.1) is 0 Å². The maximum absolute atomic E-state index is 11.8. The summed E-state index contributed by atoms with van der Waals surface area (Å²) >= 11 is 3.27. The van der Waals surface area contributed by atoms with E-state index >= 15 is 0 Å². The SMILES string of the molecule is O=S(=O)(N=Nc1ccccc1Br)c1ccccc1. The standard InChI is InChI=1S/C12H9BrN2O2S/c13-11-8-4-5-9-12(11)14-15-18(16,17)10-6-2-1-3-7-10/h1-9H. The van der Waals surface area contributed by atoms with Crippen LogP contribution in [0.2, 0.25) is 0 Å². The second kappa shape index (κ2) is 5.41. The Balaban J connectivity index is 2.32. The molecule has 0 fully saturated rings. The fourth-order valence-corrected chi connectivity index (χ4v) is 2.43. The van der Waals surface area contributed by atoms with Crippen LogP contribution in [0.4, 0.5) is 5.69 Å². The first-order chi connectivity index (χ1) is 8.59. The molecule has 0 bridgehead atoms. The third-order valence-electron chi connectivity index (χ3n) is 2.15. The Morgan fingerprint density at radius 3 is 2.17 bits per heavy atom. The zero-order valence-corrected chi connectivity index (χ0v) is 11.6. The van der Waals surface area contributed by atoms with Crippen molar-refractivity contribution >= 4 is 31.6 Å². The summed E-state index contributed by atoms with van der Waals surface area (Å²) in [5.41, 5.74) is 0.469. The van der Waals surface area contributed by atoms with Gasteiger partial charge in [0.25, 0.3) is 10.0 Å². The predicted octanol–water partition coefficient (Wildman–Crippen LogP) is 3.92. The highest BCUT2D eigenvalue weighted by Gasteiger charge is 2.11. The van der Waals surface area contributed by atoms with Gasteiger partial charge in [-0.05, 0) is 40.2 Å². The summed E-state index contributed by atoms with van der Waals surface area (Å²) < 4.78 is 27.8. The molecule has 0 aliphatic carbocycles. The summed E-state index contributed by atoms with van der Waals surface area (Å²) in [6, 6.07) is 15.0. The van der Waals surface area contributed by atoms with E-state index in [0.717, 1.165) is 0 Å². The Morgan fingerprint density at radius 1 is 0.889 bits per heavy atom. The van der Waals surface area contributed by atoms with Gasteiger partial charge in [0.2, 0.25) is 0 Å². The molecule has 2 rings (SSSR count). The van der Waals surface area contributed by atoms with E-state index in [1.54, 1.807) is 36.4 Å². The summed E-state index contributed by atoms with van der Waals surface area (Å²) in [5.74, 6) is 0. The molecule has 0 radical (unpaired) electrons. The van der Waals surface area contributed by atoms with Gasteiger partial charge in [0.1, 0.15) is 5.69 Å². The summed E-state index contributed by atoms with van der Waals surface area (Å²) in [6.07, 6.45) is 0. The minimum absolute atomic E-state index is 0.126. The van der Waals surface area contributed by atoms with Crippen molar-refractivity contribution in [1.29, 1.82) is 0 Å². The zero-order chi connectivity index (χ0) is 13.0.